The van der Waals surface area contributed by atoms with Gasteiger partial charge in [-0.05, 0) is 51.4 Å². The van der Waals surface area contributed by atoms with Crippen molar-refractivity contribution in [2.24, 2.45) is 5.16 Å². The zero-order valence-corrected chi connectivity index (χ0v) is 15.5. The van der Waals surface area contributed by atoms with Gasteiger partial charge in [0.2, 0.25) is 5.82 Å². The number of oxime groups is 1. The number of hydrogen-bond donors (Lipinski definition) is 2. The van der Waals surface area contributed by atoms with Crippen molar-refractivity contribution in [1.82, 2.24) is 15.3 Å². The highest BCUT2D eigenvalue weighted by Gasteiger charge is 2.15. The average Bonchev–Trinajstić information content (AvgIpc) is 3.24. The molecule has 0 aliphatic rings. The molecule has 0 radical (unpaired) electrons. The number of carbonyl (C=O) groups excluding carboxylic acids is 1. The first-order valence-corrected chi connectivity index (χ1v) is 8.66. The molecule has 9 nitrogen and oxygen atoms in total. The fourth-order valence-electron chi connectivity index (χ4n) is 1.72. The summed E-state index contributed by atoms with van der Waals surface area (Å²) in [6.45, 7) is 1.79. The number of anilines is 2. The van der Waals surface area contributed by atoms with E-state index >= 15 is 0 Å². The Bertz CT molecular complexity index is 960. The minimum absolute atomic E-state index is 0.0672. The number of halogens is 2. The Labute approximate surface area is 158 Å². The second kappa shape index (κ2) is 8.01. The zero-order chi connectivity index (χ0) is 18.5. The Morgan fingerprint density at radius 2 is 2.31 bits per heavy atom. The highest BCUT2D eigenvalue weighted by atomic mass is 79.9. The number of aryl methyl sites for hydroxylation is 1. The third-order valence-corrected chi connectivity index (χ3v) is 4.29. The molecular formula is C14H10BrFN6O3S. The molecule has 26 heavy (non-hydrogen) atoms. The van der Waals surface area contributed by atoms with E-state index in [-0.39, 0.29) is 21.7 Å². The van der Waals surface area contributed by atoms with Crippen LogP contribution >= 0.6 is 27.3 Å². The van der Waals surface area contributed by atoms with Crippen molar-refractivity contribution in [2.45, 2.75) is 6.92 Å². The number of nitrogens with zero attached hydrogens (tertiary/aromatic N) is 4. The molecule has 2 N–H and O–H groups in total. The fourth-order valence-corrected chi connectivity index (χ4v) is 2.69. The lowest BCUT2D eigenvalue weighted by atomic mass is 10.3. The lowest BCUT2D eigenvalue weighted by Crippen LogP contribution is -2.14. The number of rotatable bonds is 6. The fraction of sp³-hybridized carbons (Fsp3) is 0.0714. The van der Waals surface area contributed by atoms with E-state index in [0.717, 1.165) is 5.01 Å². The summed E-state index contributed by atoms with van der Waals surface area (Å²) in [6.07, 6.45) is 1.18. The quantitative estimate of drug-likeness (QED) is 0.445. The van der Waals surface area contributed by atoms with Crippen LogP contribution in [0.25, 0.3) is 0 Å². The predicted octanol–water partition coefficient (Wildman–Crippen LogP) is 3.37. The smallest absolute Gasteiger partial charge is 0.276 e. The zero-order valence-electron chi connectivity index (χ0n) is 13.1. The van der Waals surface area contributed by atoms with Gasteiger partial charge in [-0.25, -0.2) is 14.0 Å². The molecule has 3 aromatic rings. The Morgan fingerprint density at radius 1 is 1.46 bits per heavy atom. The van der Waals surface area contributed by atoms with Crippen LogP contribution in [0.1, 0.15) is 21.2 Å². The van der Waals surface area contributed by atoms with E-state index in [2.05, 4.69) is 51.8 Å². The molecule has 0 fully saturated rings. The molecule has 0 atom stereocenters. The van der Waals surface area contributed by atoms with Gasteiger partial charge in [0.25, 0.3) is 5.91 Å². The molecule has 2 heterocycles. The van der Waals surface area contributed by atoms with Crippen LogP contribution in [0.5, 0.6) is 0 Å². The summed E-state index contributed by atoms with van der Waals surface area (Å²) >= 11 is 4.41. The molecule has 0 saturated heterocycles. The maximum absolute atomic E-state index is 13.1. The summed E-state index contributed by atoms with van der Waals surface area (Å²) in [6, 6.07) is 4.20. The molecule has 1 aromatic carbocycles. The van der Waals surface area contributed by atoms with Gasteiger partial charge < -0.3 is 5.32 Å². The highest BCUT2D eigenvalue weighted by molar-refractivity contribution is 9.10. The summed E-state index contributed by atoms with van der Waals surface area (Å²) in [5, 5.41) is 15.7. The lowest BCUT2D eigenvalue weighted by molar-refractivity contribution is 0.102. The molecule has 0 aliphatic heterocycles. The van der Waals surface area contributed by atoms with Gasteiger partial charge in [-0.2, -0.15) is 5.48 Å². The summed E-state index contributed by atoms with van der Waals surface area (Å²) in [4.78, 5) is 21.0. The Hall–Kier alpha value is -2.86. The standard InChI is InChI=1S/C14H10BrFN6O3S/c1-7-18-12(6-26-7)14(23)19-13-11(21-25-22-13)5-17-24-20-8-2-3-10(16)9(15)4-8/h2-6,20H,1H3,(H,19,22,23)/b17-5+. The normalized spacial score (nSPS) is 10.9. The van der Waals surface area contributed by atoms with Crippen molar-refractivity contribution >= 4 is 50.9 Å². The summed E-state index contributed by atoms with van der Waals surface area (Å²) in [5.74, 6) is -0.782. The first-order chi connectivity index (χ1) is 12.5. The largest absolute Gasteiger partial charge is 0.300 e. The molecule has 134 valence electrons. The van der Waals surface area contributed by atoms with Crippen LogP contribution in [0.3, 0.4) is 0 Å². The molecule has 2 aromatic heterocycles. The molecule has 1 amide bonds. The first kappa shape index (κ1) is 17.9. The van der Waals surface area contributed by atoms with E-state index in [0.29, 0.717) is 5.69 Å². The van der Waals surface area contributed by atoms with Crippen molar-refractivity contribution in [3.05, 3.63) is 50.3 Å². The van der Waals surface area contributed by atoms with Crippen LogP contribution in [-0.2, 0) is 4.94 Å². The predicted molar refractivity (Wildman–Crippen MR) is 95.5 cm³/mol. The molecule has 0 spiro atoms. The summed E-state index contributed by atoms with van der Waals surface area (Å²) < 4.78 is 18.0. The molecule has 3 rings (SSSR count). The monoisotopic (exact) mass is 440 g/mol. The SMILES string of the molecule is Cc1nc(C(=O)Nc2nonc2/C=N/ONc2ccc(F)c(Br)c2)cs1. The van der Waals surface area contributed by atoms with Crippen molar-refractivity contribution in [3.8, 4) is 0 Å². The molecule has 0 unspecified atom stereocenters. The molecule has 0 bridgehead atoms. The average molecular weight is 441 g/mol. The van der Waals surface area contributed by atoms with Gasteiger partial charge in [0, 0.05) is 5.38 Å². The molecule has 0 saturated carbocycles. The number of amides is 1. The van der Waals surface area contributed by atoms with Gasteiger partial charge in [-0.1, -0.05) is 5.16 Å². The molecular weight excluding hydrogens is 431 g/mol. The molecule has 12 heteroatoms. The van der Waals surface area contributed by atoms with Gasteiger partial charge in [0.1, 0.15) is 17.7 Å². The number of nitrogens with one attached hydrogen (secondary N) is 2. The second-order valence-electron chi connectivity index (χ2n) is 4.76. The van der Waals surface area contributed by atoms with Crippen molar-refractivity contribution in [2.75, 3.05) is 10.8 Å². The molecule has 0 aliphatic carbocycles. The van der Waals surface area contributed by atoms with Crippen molar-refractivity contribution in [1.29, 1.82) is 0 Å². The van der Waals surface area contributed by atoms with E-state index in [4.69, 9.17) is 4.94 Å². The third-order valence-electron chi connectivity index (χ3n) is 2.91. The maximum atomic E-state index is 13.1. The number of benzene rings is 1. The van der Waals surface area contributed by atoms with Gasteiger partial charge in [0.05, 0.1) is 15.2 Å². The van der Waals surface area contributed by atoms with Crippen LogP contribution in [0, 0.1) is 12.7 Å². The van der Waals surface area contributed by atoms with Crippen LogP contribution in [0.15, 0.2) is 37.8 Å². The minimum Gasteiger partial charge on any atom is -0.300 e. The maximum Gasteiger partial charge on any atom is 0.276 e. The highest BCUT2D eigenvalue weighted by Crippen LogP contribution is 2.20. The van der Waals surface area contributed by atoms with Crippen LogP contribution < -0.4 is 10.8 Å². The topological polar surface area (TPSA) is 115 Å². The summed E-state index contributed by atoms with van der Waals surface area (Å²) in [5.41, 5.74) is 3.38. The van der Waals surface area contributed by atoms with E-state index in [1.54, 1.807) is 12.3 Å². The Morgan fingerprint density at radius 3 is 3.04 bits per heavy atom. The van der Waals surface area contributed by atoms with E-state index in [9.17, 15) is 9.18 Å². The minimum atomic E-state index is -0.449. The van der Waals surface area contributed by atoms with Gasteiger partial charge in [-0.3, -0.25) is 9.73 Å². The Kier molecular flexibility index (Phi) is 5.53. The van der Waals surface area contributed by atoms with Crippen LogP contribution in [0.4, 0.5) is 15.9 Å². The lowest BCUT2D eigenvalue weighted by Gasteiger charge is -2.03. The van der Waals surface area contributed by atoms with Crippen LogP contribution in [0.2, 0.25) is 0 Å². The first-order valence-electron chi connectivity index (χ1n) is 6.99. The Balaban J connectivity index is 1.58. The number of aromatic nitrogens is 3. The van der Waals surface area contributed by atoms with Crippen LogP contribution in [-0.4, -0.2) is 27.4 Å². The number of thiazole rings is 1. The van der Waals surface area contributed by atoms with Gasteiger partial charge in [-0.15, -0.1) is 11.3 Å². The summed E-state index contributed by atoms with van der Waals surface area (Å²) in [7, 11) is 0. The van der Waals surface area contributed by atoms with Crippen molar-refractivity contribution < 1.29 is 18.8 Å². The van der Waals surface area contributed by atoms with Crippen molar-refractivity contribution in [3.63, 3.8) is 0 Å². The van der Waals surface area contributed by atoms with Gasteiger partial charge >= 0.3 is 0 Å². The number of hydrogen-bond acceptors (Lipinski definition) is 9. The van der Waals surface area contributed by atoms with E-state index in [1.165, 1.54) is 35.8 Å². The van der Waals surface area contributed by atoms with E-state index in [1.807, 2.05) is 0 Å². The second-order valence-corrected chi connectivity index (χ2v) is 6.68. The number of carbonyl (C=O) groups is 1. The van der Waals surface area contributed by atoms with E-state index < -0.39 is 11.7 Å². The third kappa shape index (κ3) is 4.40. The van der Waals surface area contributed by atoms with Gasteiger partial charge in [0.15, 0.2) is 5.69 Å².